The van der Waals surface area contributed by atoms with Crippen molar-refractivity contribution in [3.05, 3.63) is 39.9 Å². The zero-order valence-corrected chi connectivity index (χ0v) is 25.4. The number of ether oxygens (including phenoxy) is 1. The van der Waals surface area contributed by atoms with E-state index >= 15 is 0 Å². The molecule has 1 aliphatic carbocycles. The molecule has 4 aliphatic rings. The van der Waals surface area contributed by atoms with E-state index in [1.165, 1.54) is 4.88 Å². The van der Waals surface area contributed by atoms with Gasteiger partial charge in [0.1, 0.15) is 29.7 Å². The Morgan fingerprint density at radius 1 is 1.26 bits per heavy atom. The van der Waals surface area contributed by atoms with Gasteiger partial charge in [-0.2, -0.15) is 20.2 Å². The maximum absolute atomic E-state index is 14.4. The number of nitrogens with two attached hydrogens (primary N) is 2. The third kappa shape index (κ3) is 4.62. The minimum Gasteiger partial charge on any atom is -0.461 e. The molecule has 4 N–H and O–H groups in total. The van der Waals surface area contributed by atoms with E-state index in [1.54, 1.807) is 17.5 Å². The minimum absolute atomic E-state index is 0.158. The predicted octanol–water partition coefficient (Wildman–Crippen LogP) is 3.61. The van der Waals surface area contributed by atoms with E-state index in [1.807, 2.05) is 31.0 Å². The number of alkyl halides is 1. The molecule has 1 spiro atoms. The molecule has 0 bridgehead atoms. The molecule has 43 heavy (non-hydrogen) atoms. The Morgan fingerprint density at radius 3 is 2.93 bits per heavy atom. The smallest absolute Gasteiger partial charge is 0.323 e. The van der Waals surface area contributed by atoms with Crippen LogP contribution in [0.25, 0.3) is 0 Å². The van der Waals surface area contributed by atoms with Crippen LogP contribution >= 0.6 is 11.3 Å². The summed E-state index contributed by atoms with van der Waals surface area (Å²) in [5, 5.41) is 10.5. The topological polar surface area (TPSA) is 146 Å². The number of hydrogen-bond acceptors (Lipinski definition) is 12. The number of aromatic nitrogens is 4. The van der Waals surface area contributed by atoms with Crippen molar-refractivity contribution in [2.45, 2.75) is 68.6 Å². The highest BCUT2D eigenvalue weighted by molar-refractivity contribution is 7.16. The van der Waals surface area contributed by atoms with Crippen LogP contribution in [0.1, 0.15) is 66.6 Å². The number of pyridine rings is 1. The molecule has 0 saturated carbocycles. The summed E-state index contributed by atoms with van der Waals surface area (Å²) in [6.45, 7) is 5.13. The summed E-state index contributed by atoms with van der Waals surface area (Å²) in [6, 6.07) is 6.24. The second-order valence-corrected chi connectivity index (χ2v) is 13.7. The van der Waals surface area contributed by atoms with Gasteiger partial charge in [0.2, 0.25) is 11.9 Å². The molecule has 7 rings (SSSR count). The van der Waals surface area contributed by atoms with Gasteiger partial charge in [-0.25, -0.2) is 9.37 Å². The number of rotatable bonds is 7. The lowest BCUT2D eigenvalue weighted by Crippen LogP contribution is -2.43. The number of aryl methyl sites for hydroxylation is 1. The van der Waals surface area contributed by atoms with Gasteiger partial charge in [-0.3, -0.25) is 4.90 Å². The molecule has 3 aromatic heterocycles. The van der Waals surface area contributed by atoms with Gasteiger partial charge in [-0.1, -0.05) is 6.07 Å². The molecular weight excluding hydrogens is 567 g/mol. The largest absolute Gasteiger partial charge is 0.461 e. The number of fused-ring (bicyclic) bond motifs is 3. The first-order valence-electron chi connectivity index (χ1n) is 15.0. The average molecular weight is 605 g/mol. The summed E-state index contributed by atoms with van der Waals surface area (Å²) in [6.07, 6.45) is 6.02. The number of nitrogen functional groups attached to an aromatic ring is 2. The van der Waals surface area contributed by atoms with Gasteiger partial charge in [0.05, 0.1) is 17.1 Å². The van der Waals surface area contributed by atoms with Crippen LogP contribution in [0.2, 0.25) is 0 Å². The van der Waals surface area contributed by atoms with E-state index in [-0.39, 0.29) is 23.0 Å². The molecule has 13 heteroatoms. The van der Waals surface area contributed by atoms with E-state index < -0.39 is 6.17 Å². The van der Waals surface area contributed by atoms with Crippen LogP contribution < -0.4 is 26.0 Å². The lowest BCUT2D eigenvalue weighted by molar-refractivity contribution is 0.107. The monoisotopic (exact) mass is 604 g/mol. The number of hydrogen-bond donors (Lipinski definition) is 2. The predicted molar refractivity (Wildman–Crippen MR) is 164 cm³/mol. The molecule has 0 radical (unpaired) electrons. The van der Waals surface area contributed by atoms with Crippen LogP contribution in [0.4, 0.5) is 27.1 Å². The second kappa shape index (κ2) is 10.4. The van der Waals surface area contributed by atoms with E-state index in [0.717, 1.165) is 56.3 Å². The van der Waals surface area contributed by atoms with Gasteiger partial charge < -0.3 is 26.0 Å². The SMILES string of the molecule is C[C@H](c1cccnc1N)N(C)c1nc(OC[C@@]23CCCN2C[C@H](F)C3)nc(N2CCC3(CCc4sc(N)c(C#N)c43)C2)n1. The fourth-order valence-electron chi connectivity index (χ4n) is 7.79. The summed E-state index contributed by atoms with van der Waals surface area (Å²) in [5.74, 6) is 1.44. The van der Waals surface area contributed by atoms with Crippen LogP contribution in [0.15, 0.2) is 18.3 Å². The Bertz CT molecular complexity index is 1590. The fraction of sp³-hybridized carbons (Fsp3) is 0.567. The lowest BCUT2D eigenvalue weighted by atomic mass is 9.80. The molecular formula is C30H37FN10OS. The zero-order chi connectivity index (χ0) is 29.9. The van der Waals surface area contributed by atoms with Crippen LogP contribution in [0.5, 0.6) is 6.01 Å². The summed E-state index contributed by atoms with van der Waals surface area (Å²) >= 11 is 1.55. The first-order chi connectivity index (χ1) is 20.7. The summed E-state index contributed by atoms with van der Waals surface area (Å²) in [4.78, 5) is 26.3. The number of anilines is 4. The molecule has 6 heterocycles. The van der Waals surface area contributed by atoms with Gasteiger partial charge in [0, 0.05) is 55.2 Å². The third-order valence-electron chi connectivity index (χ3n) is 10.2. The van der Waals surface area contributed by atoms with Gasteiger partial charge in [0.15, 0.2) is 0 Å². The van der Waals surface area contributed by atoms with Crippen LogP contribution in [0.3, 0.4) is 0 Å². The number of halogens is 1. The van der Waals surface area contributed by atoms with Gasteiger partial charge in [-0.05, 0) is 57.2 Å². The molecule has 0 amide bonds. The molecule has 1 unspecified atom stereocenters. The molecule has 0 aromatic carbocycles. The Morgan fingerprint density at radius 2 is 2.12 bits per heavy atom. The quantitative estimate of drug-likeness (QED) is 0.408. The normalized spacial score (nSPS) is 26.9. The van der Waals surface area contributed by atoms with Gasteiger partial charge >= 0.3 is 6.01 Å². The number of nitriles is 1. The highest BCUT2D eigenvalue weighted by atomic mass is 32.1. The zero-order valence-electron chi connectivity index (χ0n) is 24.6. The van der Waals surface area contributed by atoms with Crippen molar-refractivity contribution in [1.29, 1.82) is 5.26 Å². The van der Waals surface area contributed by atoms with Crippen LogP contribution in [-0.2, 0) is 11.8 Å². The van der Waals surface area contributed by atoms with E-state index in [4.69, 9.17) is 31.2 Å². The average Bonchev–Trinajstić information content (AvgIpc) is 3.80. The summed E-state index contributed by atoms with van der Waals surface area (Å²) in [5.41, 5.74) is 14.6. The molecule has 3 saturated heterocycles. The van der Waals surface area contributed by atoms with Gasteiger partial charge in [-0.15, -0.1) is 11.3 Å². The molecule has 3 aliphatic heterocycles. The standard InChI is InChI=1S/C30H37FN10OS/c1-18(20-5-3-10-35-24(20)33)39(2)26-36-27(38-28(37-26)42-17-30-7-4-11-41(30)15-19(31)13-30)40-12-9-29(16-40)8-6-22-23(29)21(14-32)25(34)43-22/h3,5,10,18-19H,4,6-9,11-13,15-17,34H2,1-2H3,(H2,33,35)/t18-,19-,29?,30+/m1/s1. The highest BCUT2D eigenvalue weighted by Gasteiger charge is 2.50. The van der Waals surface area contributed by atoms with Crippen molar-refractivity contribution in [3.8, 4) is 12.1 Å². The van der Waals surface area contributed by atoms with Crippen molar-refractivity contribution in [1.82, 2.24) is 24.8 Å². The lowest BCUT2D eigenvalue weighted by Gasteiger charge is -2.31. The van der Waals surface area contributed by atoms with Crippen molar-refractivity contribution in [2.75, 3.05) is 61.1 Å². The maximum Gasteiger partial charge on any atom is 0.323 e. The van der Waals surface area contributed by atoms with Gasteiger partial charge in [0.25, 0.3) is 0 Å². The second-order valence-electron chi connectivity index (χ2n) is 12.5. The Labute approximate surface area is 254 Å². The van der Waals surface area contributed by atoms with Crippen LogP contribution in [0, 0.1) is 11.3 Å². The van der Waals surface area contributed by atoms with E-state index in [2.05, 4.69) is 20.9 Å². The molecule has 226 valence electrons. The van der Waals surface area contributed by atoms with Crippen LogP contribution in [-0.4, -0.2) is 76.4 Å². The summed E-state index contributed by atoms with van der Waals surface area (Å²) < 4.78 is 20.8. The number of thiophene rings is 1. The fourth-order valence-corrected chi connectivity index (χ4v) is 8.93. The highest BCUT2D eigenvalue weighted by Crippen LogP contribution is 2.52. The Kier molecular flexibility index (Phi) is 6.81. The van der Waals surface area contributed by atoms with Crippen molar-refractivity contribution in [3.63, 3.8) is 0 Å². The first-order valence-corrected chi connectivity index (χ1v) is 15.8. The first kappa shape index (κ1) is 28.0. The van der Waals surface area contributed by atoms with E-state index in [0.29, 0.717) is 54.4 Å². The van der Waals surface area contributed by atoms with Crippen molar-refractivity contribution in [2.24, 2.45) is 0 Å². The number of nitrogens with zero attached hydrogens (tertiary/aromatic N) is 8. The Hall–Kier alpha value is -3.76. The maximum atomic E-state index is 14.4. The Balaban J connectivity index is 1.21. The third-order valence-corrected chi connectivity index (χ3v) is 11.2. The van der Waals surface area contributed by atoms with Crippen molar-refractivity contribution < 1.29 is 9.13 Å². The molecule has 4 atom stereocenters. The molecule has 11 nitrogen and oxygen atoms in total. The van der Waals surface area contributed by atoms with Crippen molar-refractivity contribution >= 4 is 34.1 Å². The molecule has 3 fully saturated rings. The van der Waals surface area contributed by atoms with E-state index in [9.17, 15) is 9.65 Å². The molecule has 3 aromatic rings. The summed E-state index contributed by atoms with van der Waals surface area (Å²) in [7, 11) is 1.92. The minimum atomic E-state index is -0.841.